The van der Waals surface area contributed by atoms with Crippen LogP contribution in [0.2, 0.25) is 0 Å². The zero-order valence-corrected chi connectivity index (χ0v) is 12.5. The van der Waals surface area contributed by atoms with E-state index in [9.17, 15) is 21.6 Å². The molecule has 116 valence electrons. The summed E-state index contributed by atoms with van der Waals surface area (Å²) in [6, 6.07) is 0. The van der Waals surface area contributed by atoms with E-state index in [0.29, 0.717) is 4.31 Å². The first-order chi connectivity index (χ1) is 9.13. The number of hydrogen-bond donors (Lipinski definition) is 1. The number of alkyl halides is 4. The normalized spacial score (nSPS) is 13.2. The molecule has 0 aliphatic rings. The van der Waals surface area contributed by atoms with Crippen molar-refractivity contribution in [2.45, 2.75) is 37.2 Å². The molecule has 10 heteroatoms. The van der Waals surface area contributed by atoms with Crippen molar-refractivity contribution in [2.75, 3.05) is 13.1 Å². The van der Waals surface area contributed by atoms with Crippen LogP contribution < -0.4 is 0 Å². The van der Waals surface area contributed by atoms with Gasteiger partial charge in [0.25, 0.3) is 0 Å². The van der Waals surface area contributed by atoms with Gasteiger partial charge in [-0.1, -0.05) is 6.92 Å². The number of nitrogens with zero attached hydrogens (tertiary/aromatic N) is 2. The van der Waals surface area contributed by atoms with E-state index in [-0.39, 0.29) is 35.1 Å². The summed E-state index contributed by atoms with van der Waals surface area (Å²) in [4.78, 5) is -0.273. The highest BCUT2D eigenvalue weighted by atomic mass is 35.5. The average Bonchev–Trinajstić information content (AvgIpc) is 2.68. The molecule has 0 saturated heterocycles. The quantitative estimate of drug-likeness (QED) is 0.813. The number of aryl methyl sites for hydroxylation is 1. The molecular weight excluding hydrogens is 319 g/mol. The smallest absolute Gasteiger partial charge is 0.281 e. The fourth-order valence-electron chi connectivity index (χ4n) is 1.76. The Balaban J connectivity index is 3.26. The van der Waals surface area contributed by atoms with Gasteiger partial charge in [-0.05, 0) is 13.3 Å². The molecule has 0 aromatic carbocycles. The Morgan fingerprint density at radius 3 is 2.45 bits per heavy atom. The monoisotopic (exact) mass is 333 g/mol. The van der Waals surface area contributed by atoms with E-state index in [1.165, 1.54) is 6.92 Å². The third-order valence-corrected chi connectivity index (χ3v) is 4.82. The molecule has 0 radical (unpaired) electrons. The van der Waals surface area contributed by atoms with Gasteiger partial charge in [0.05, 0.1) is 17.3 Å². The number of halogens is 4. The molecule has 0 atom stereocenters. The Morgan fingerprint density at radius 1 is 1.40 bits per heavy atom. The maximum Gasteiger partial charge on any atom is 0.402 e. The predicted octanol–water partition coefficient (Wildman–Crippen LogP) is 2.42. The summed E-state index contributed by atoms with van der Waals surface area (Å²) in [5.74, 6) is -0.203. The second-order valence-corrected chi connectivity index (χ2v) is 6.35. The summed E-state index contributed by atoms with van der Waals surface area (Å²) >= 11 is 5.58. The molecule has 1 heterocycles. The van der Waals surface area contributed by atoms with E-state index in [2.05, 4.69) is 10.2 Å². The minimum Gasteiger partial charge on any atom is -0.281 e. The molecule has 20 heavy (non-hydrogen) atoms. The molecule has 1 rings (SSSR count). The van der Waals surface area contributed by atoms with Gasteiger partial charge in [-0.15, -0.1) is 11.6 Å². The fourth-order valence-corrected chi connectivity index (χ4v) is 3.88. The molecule has 1 aromatic heterocycles. The lowest BCUT2D eigenvalue weighted by molar-refractivity contribution is -0.136. The van der Waals surface area contributed by atoms with Crippen molar-refractivity contribution in [1.82, 2.24) is 14.5 Å². The van der Waals surface area contributed by atoms with Crippen molar-refractivity contribution in [3.63, 3.8) is 0 Å². The first kappa shape index (κ1) is 17.3. The minimum atomic E-state index is -4.61. The zero-order valence-electron chi connectivity index (χ0n) is 11.0. The Bertz CT molecular complexity index is 557. The third kappa shape index (κ3) is 3.86. The summed E-state index contributed by atoms with van der Waals surface area (Å²) in [6.45, 7) is 1.26. The fraction of sp³-hybridized carbons (Fsp3) is 0.700. The lowest BCUT2D eigenvalue weighted by atomic mass is 10.4. The van der Waals surface area contributed by atoms with Crippen molar-refractivity contribution in [3.8, 4) is 0 Å². The van der Waals surface area contributed by atoms with E-state index < -0.39 is 22.7 Å². The second kappa shape index (κ2) is 6.31. The standard InChI is InChI=1S/C10H15ClF3N3O2S/c1-3-4-17(6-10(12,13)14)20(18,19)9-7(2)15-16-8(9)5-11/h3-6H2,1-2H3,(H,15,16). The molecular formula is C10H15ClF3N3O2S. The number of sulfonamides is 1. The minimum absolute atomic E-state index is 0.0208. The molecule has 1 aromatic rings. The van der Waals surface area contributed by atoms with E-state index in [1.54, 1.807) is 6.92 Å². The van der Waals surface area contributed by atoms with Crippen LogP contribution in [0.15, 0.2) is 4.90 Å². The Hall–Kier alpha value is -0.800. The topological polar surface area (TPSA) is 66.1 Å². The highest BCUT2D eigenvalue weighted by Gasteiger charge is 2.38. The van der Waals surface area contributed by atoms with Crippen LogP contribution in [0, 0.1) is 6.92 Å². The van der Waals surface area contributed by atoms with Crippen LogP contribution in [0.4, 0.5) is 13.2 Å². The zero-order chi connectivity index (χ0) is 15.6. The molecule has 0 amide bonds. The number of aromatic amines is 1. The van der Waals surface area contributed by atoms with Gasteiger partial charge in [0.15, 0.2) is 0 Å². The largest absolute Gasteiger partial charge is 0.402 e. The average molecular weight is 334 g/mol. The van der Waals surface area contributed by atoms with Crippen LogP contribution in [0.3, 0.4) is 0 Å². The first-order valence-corrected chi connectivity index (χ1v) is 7.77. The van der Waals surface area contributed by atoms with Crippen LogP contribution in [0.5, 0.6) is 0 Å². The molecule has 0 aliphatic carbocycles. The summed E-state index contributed by atoms with van der Waals surface area (Å²) in [5.41, 5.74) is 0.191. The molecule has 0 aliphatic heterocycles. The highest BCUT2D eigenvalue weighted by Crippen LogP contribution is 2.26. The summed E-state index contributed by atoms with van der Waals surface area (Å²) < 4.78 is 62.7. The van der Waals surface area contributed by atoms with Gasteiger partial charge in [0.2, 0.25) is 10.0 Å². The number of nitrogens with one attached hydrogen (secondary N) is 1. The van der Waals surface area contributed by atoms with Crippen molar-refractivity contribution in [3.05, 3.63) is 11.4 Å². The van der Waals surface area contributed by atoms with Crippen LogP contribution in [0.1, 0.15) is 24.7 Å². The summed E-state index contributed by atoms with van der Waals surface area (Å²) in [5, 5.41) is 6.13. The predicted molar refractivity (Wildman–Crippen MR) is 68.0 cm³/mol. The second-order valence-electron chi connectivity index (χ2n) is 4.21. The number of H-pyrrole nitrogens is 1. The van der Waals surface area contributed by atoms with Gasteiger partial charge in [-0.2, -0.15) is 22.6 Å². The van der Waals surface area contributed by atoms with Gasteiger partial charge < -0.3 is 0 Å². The van der Waals surface area contributed by atoms with Crippen LogP contribution in [-0.4, -0.2) is 42.2 Å². The van der Waals surface area contributed by atoms with Crippen LogP contribution >= 0.6 is 11.6 Å². The van der Waals surface area contributed by atoms with Crippen LogP contribution in [0.25, 0.3) is 0 Å². The van der Waals surface area contributed by atoms with Crippen molar-refractivity contribution in [1.29, 1.82) is 0 Å². The molecule has 5 nitrogen and oxygen atoms in total. The van der Waals surface area contributed by atoms with Gasteiger partial charge in [-0.3, -0.25) is 5.10 Å². The van der Waals surface area contributed by atoms with Crippen LogP contribution in [-0.2, 0) is 15.9 Å². The van der Waals surface area contributed by atoms with E-state index in [1.807, 2.05) is 0 Å². The molecule has 1 N–H and O–H groups in total. The lowest BCUT2D eigenvalue weighted by Crippen LogP contribution is -2.39. The third-order valence-electron chi connectivity index (χ3n) is 2.51. The van der Waals surface area contributed by atoms with Crippen molar-refractivity contribution >= 4 is 21.6 Å². The maximum atomic E-state index is 12.5. The van der Waals surface area contributed by atoms with Gasteiger partial charge in [0, 0.05) is 6.54 Å². The molecule has 0 spiro atoms. The van der Waals surface area contributed by atoms with E-state index >= 15 is 0 Å². The maximum absolute atomic E-state index is 12.5. The Kier molecular flexibility index (Phi) is 5.45. The summed E-state index contributed by atoms with van der Waals surface area (Å²) in [6.07, 6.45) is -4.34. The van der Waals surface area contributed by atoms with Gasteiger partial charge in [0.1, 0.15) is 11.4 Å². The first-order valence-electron chi connectivity index (χ1n) is 5.80. The Morgan fingerprint density at radius 2 is 2.00 bits per heavy atom. The summed E-state index contributed by atoms with van der Waals surface area (Å²) in [7, 11) is -4.29. The Labute approximate surface area is 120 Å². The van der Waals surface area contributed by atoms with E-state index in [0.717, 1.165) is 0 Å². The van der Waals surface area contributed by atoms with Crippen molar-refractivity contribution in [2.24, 2.45) is 0 Å². The number of rotatable bonds is 6. The van der Waals surface area contributed by atoms with Crippen molar-refractivity contribution < 1.29 is 21.6 Å². The number of aromatic nitrogens is 2. The van der Waals surface area contributed by atoms with E-state index in [4.69, 9.17) is 11.6 Å². The lowest BCUT2D eigenvalue weighted by Gasteiger charge is -2.23. The molecule has 0 fully saturated rings. The number of hydrogen-bond acceptors (Lipinski definition) is 3. The molecule has 0 bridgehead atoms. The van der Waals surface area contributed by atoms with Gasteiger partial charge >= 0.3 is 6.18 Å². The SMILES string of the molecule is CCCN(CC(F)(F)F)S(=O)(=O)c1c(CCl)n[nH]c1C. The molecule has 0 unspecified atom stereocenters. The molecule has 0 saturated carbocycles. The van der Waals surface area contributed by atoms with Gasteiger partial charge in [-0.25, -0.2) is 8.42 Å². The highest BCUT2D eigenvalue weighted by molar-refractivity contribution is 7.89.